The molecule has 1 nitrogen and oxygen atoms in total. The van der Waals surface area contributed by atoms with Gasteiger partial charge in [-0.2, -0.15) is 0 Å². The molecule has 15 heavy (non-hydrogen) atoms. The van der Waals surface area contributed by atoms with Crippen molar-refractivity contribution in [3.05, 3.63) is 41.3 Å². The Labute approximate surface area is 96.0 Å². The fourth-order valence-corrected chi connectivity index (χ4v) is 3.29. The van der Waals surface area contributed by atoms with Crippen LogP contribution in [0.3, 0.4) is 0 Å². The zero-order chi connectivity index (χ0) is 10.3. The van der Waals surface area contributed by atoms with Gasteiger partial charge in [0.25, 0.3) is 0 Å². The zero-order valence-corrected chi connectivity index (χ0v) is 9.86. The molecule has 0 unspecified atom stereocenters. The molecule has 0 aliphatic rings. The number of thiophene rings is 1. The van der Waals surface area contributed by atoms with Crippen molar-refractivity contribution in [2.75, 3.05) is 0 Å². The van der Waals surface area contributed by atoms with E-state index >= 15 is 0 Å². The van der Waals surface area contributed by atoms with Crippen LogP contribution < -0.4 is 0 Å². The summed E-state index contributed by atoms with van der Waals surface area (Å²) < 4.78 is 1.27. The number of rotatable bonds is 1. The Kier molecular flexibility index (Phi) is 2.08. The van der Waals surface area contributed by atoms with Crippen molar-refractivity contribution in [1.82, 2.24) is 4.98 Å². The van der Waals surface area contributed by atoms with Gasteiger partial charge in [-0.25, -0.2) is 4.98 Å². The van der Waals surface area contributed by atoms with E-state index in [-0.39, 0.29) is 0 Å². The van der Waals surface area contributed by atoms with Gasteiger partial charge in [-0.3, -0.25) is 0 Å². The molecule has 0 aliphatic carbocycles. The number of fused-ring (bicyclic) bond motifs is 1. The van der Waals surface area contributed by atoms with E-state index in [1.165, 1.54) is 15.1 Å². The summed E-state index contributed by atoms with van der Waals surface area (Å²) in [5.74, 6) is 0. The van der Waals surface area contributed by atoms with Crippen molar-refractivity contribution in [1.29, 1.82) is 0 Å². The summed E-state index contributed by atoms with van der Waals surface area (Å²) in [5.41, 5.74) is 2.38. The summed E-state index contributed by atoms with van der Waals surface area (Å²) in [5, 5.41) is 3.22. The molecule has 0 saturated carbocycles. The van der Waals surface area contributed by atoms with Crippen molar-refractivity contribution in [3.63, 3.8) is 0 Å². The lowest BCUT2D eigenvalue weighted by atomic mass is 10.2. The van der Waals surface area contributed by atoms with Gasteiger partial charge in [0.2, 0.25) is 0 Å². The van der Waals surface area contributed by atoms with E-state index in [4.69, 9.17) is 0 Å². The first-order chi connectivity index (χ1) is 7.33. The fourth-order valence-electron chi connectivity index (χ4n) is 1.54. The smallest absolute Gasteiger partial charge is 0.134 e. The van der Waals surface area contributed by atoms with Crippen LogP contribution in [0.5, 0.6) is 0 Å². The predicted octanol–water partition coefficient (Wildman–Crippen LogP) is 4.33. The molecular formula is C12H9NS2. The van der Waals surface area contributed by atoms with Gasteiger partial charge in [0.05, 0.1) is 15.1 Å². The molecule has 2 heterocycles. The van der Waals surface area contributed by atoms with Gasteiger partial charge in [-0.1, -0.05) is 12.1 Å². The Hall–Kier alpha value is -1.19. The first kappa shape index (κ1) is 9.07. The Balaban J connectivity index is 2.22. The number of thiazole rings is 1. The molecule has 0 N–H and O–H groups in total. The maximum absolute atomic E-state index is 4.64. The van der Waals surface area contributed by atoms with Gasteiger partial charge in [-0.05, 0) is 36.1 Å². The molecule has 0 radical (unpaired) electrons. The molecule has 3 heteroatoms. The van der Waals surface area contributed by atoms with Gasteiger partial charge in [0.15, 0.2) is 0 Å². The van der Waals surface area contributed by atoms with Crippen LogP contribution in [0.25, 0.3) is 20.1 Å². The number of aryl methyl sites for hydroxylation is 1. The molecule has 3 rings (SSSR count). The zero-order valence-electron chi connectivity index (χ0n) is 8.23. The standard InChI is InChI=1S/C12H9NS2/c1-8-4-5-10-9(7-8)13-12(15-10)11-3-2-6-14-11/h2-7H,1H3. The number of hydrogen-bond acceptors (Lipinski definition) is 3. The fraction of sp³-hybridized carbons (Fsp3) is 0.0833. The SMILES string of the molecule is Cc1ccc2sc(-c3cccs3)nc2c1. The highest BCUT2D eigenvalue weighted by Crippen LogP contribution is 2.32. The lowest BCUT2D eigenvalue weighted by Crippen LogP contribution is -1.72. The quantitative estimate of drug-likeness (QED) is 0.607. The van der Waals surface area contributed by atoms with E-state index in [0.717, 1.165) is 10.5 Å². The molecule has 0 bridgehead atoms. The third-order valence-corrected chi connectivity index (χ3v) is 4.35. The van der Waals surface area contributed by atoms with Gasteiger partial charge in [0.1, 0.15) is 5.01 Å². The molecule has 0 amide bonds. The highest BCUT2D eigenvalue weighted by molar-refractivity contribution is 7.25. The van der Waals surface area contributed by atoms with E-state index in [1.807, 2.05) is 0 Å². The molecule has 0 fully saturated rings. The van der Waals surface area contributed by atoms with E-state index in [2.05, 4.69) is 47.6 Å². The van der Waals surface area contributed by atoms with Crippen LogP contribution >= 0.6 is 22.7 Å². The Bertz CT molecular complexity index is 593. The summed E-state index contributed by atoms with van der Waals surface area (Å²) in [6, 6.07) is 10.6. The summed E-state index contributed by atoms with van der Waals surface area (Å²) in [6.45, 7) is 2.10. The number of benzene rings is 1. The second kappa shape index (κ2) is 3.43. The number of nitrogens with zero attached hydrogens (tertiary/aromatic N) is 1. The molecule has 0 atom stereocenters. The maximum Gasteiger partial charge on any atom is 0.134 e. The summed E-state index contributed by atoms with van der Waals surface area (Å²) in [4.78, 5) is 5.90. The largest absolute Gasteiger partial charge is 0.235 e. The van der Waals surface area contributed by atoms with E-state index in [9.17, 15) is 0 Å². The molecule has 0 spiro atoms. The topological polar surface area (TPSA) is 12.9 Å². The maximum atomic E-state index is 4.64. The second-order valence-electron chi connectivity index (χ2n) is 3.47. The van der Waals surface area contributed by atoms with Crippen LogP contribution in [-0.4, -0.2) is 4.98 Å². The minimum absolute atomic E-state index is 1.11. The minimum atomic E-state index is 1.11. The van der Waals surface area contributed by atoms with Crippen LogP contribution in [0.4, 0.5) is 0 Å². The molecular weight excluding hydrogens is 222 g/mol. The van der Waals surface area contributed by atoms with Crippen molar-refractivity contribution in [3.8, 4) is 9.88 Å². The minimum Gasteiger partial charge on any atom is -0.235 e. The van der Waals surface area contributed by atoms with Crippen molar-refractivity contribution in [2.45, 2.75) is 6.92 Å². The van der Waals surface area contributed by atoms with Gasteiger partial charge in [-0.15, -0.1) is 22.7 Å². The molecule has 74 valence electrons. The van der Waals surface area contributed by atoms with Gasteiger partial charge in [0, 0.05) is 0 Å². The normalized spacial score (nSPS) is 11.0. The molecule has 3 aromatic rings. The first-order valence-electron chi connectivity index (χ1n) is 4.74. The van der Waals surface area contributed by atoms with Crippen molar-refractivity contribution >= 4 is 32.9 Å². The molecule has 2 aromatic heterocycles. The van der Waals surface area contributed by atoms with Gasteiger partial charge < -0.3 is 0 Å². The van der Waals surface area contributed by atoms with Crippen LogP contribution in [0.2, 0.25) is 0 Å². The summed E-state index contributed by atoms with van der Waals surface area (Å²) >= 11 is 3.51. The summed E-state index contributed by atoms with van der Waals surface area (Å²) in [7, 11) is 0. The van der Waals surface area contributed by atoms with Crippen molar-refractivity contribution < 1.29 is 0 Å². The van der Waals surface area contributed by atoms with Crippen LogP contribution in [0.1, 0.15) is 5.56 Å². The molecule has 1 aromatic carbocycles. The van der Waals surface area contributed by atoms with Crippen LogP contribution in [0.15, 0.2) is 35.7 Å². The predicted molar refractivity (Wildman–Crippen MR) is 67.7 cm³/mol. The van der Waals surface area contributed by atoms with Gasteiger partial charge >= 0.3 is 0 Å². The highest BCUT2D eigenvalue weighted by Gasteiger charge is 2.06. The van der Waals surface area contributed by atoms with E-state index in [1.54, 1.807) is 22.7 Å². The monoisotopic (exact) mass is 231 g/mol. The third-order valence-electron chi connectivity index (χ3n) is 2.28. The Morgan fingerprint density at radius 1 is 1.20 bits per heavy atom. The Morgan fingerprint density at radius 2 is 2.13 bits per heavy atom. The lowest BCUT2D eigenvalue weighted by molar-refractivity contribution is 1.45. The number of aromatic nitrogens is 1. The van der Waals surface area contributed by atoms with Crippen LogP contribution in [0, 0.1) is 6.92 Å². The first-order valence-corrected chi connectivity index (χ1v) is 6.43. The Morgan fingerprint density at radius 3 is 2.93 bits per heavy atom. The highest BCUT2D eigenvalue weighted by atomic mass is 32.1. The summed E-state index contributed by atoms with van der Waals surface area (Å²) in [6.07, 6.45) is 0. The van der Waals surface area contributed by atoms with E-state index < -0.39 is 0 Å². The number of hydrogen-bond donors (Lipinski definition) is 0. The average molecular weight is 231 g/mol. The average Bonchev–Trinajstić information content (AvgIpc) is 2.84. The lowest BCUT2D eigenvalue weighted by Gasteiger charge is -1.88. The van der Waals surface area contributed by atoms with E-state index in [0.29, 0.717) is 0 Å². The second-order valence-corrected chi connectivity index (χ2v) is 5.45. The van der Waals surface area contributed by atoms with Crippen molar-refractivity contribution in [2.24, 2.45) is 0 Å². The van der Waals surface area contributed by atoms with Crippen LogP contribution in [-0.2, 0) is 0 Å². The molecule has 0 aliphatic heterocycles. The third kappa shape index (κ3) is 1.58. The molecule has 0 saturated heterocycles.